The molecule has 0 spiro atoms. The van der Waals surface area contributed by atoms with Gasteiger partial charge < -0.3 is 30.5 Å². The molecule has 1 saturated carbocycles. The molecule has 3 amide bonds. The summed E-state index contributed by atoms with van der Waals surface area (Å²) in [6.45, 7) is 7.19. The molecule has 4 N–H and O–H groups in total. The van der Waals surface area contributed by atoms with Crippen LogP contribution in [0, 0.1) is 11.8 Å². The molecular weight excluding hydrogens is 610 g/mol. The Labute approximate surface area is 284 Å². The van der Waals surface area contributed by atoms with Crippen molar-refractivity contribution < 1.29 is 33.8 Å². The van der Waals surface area contributed by atoms with E-state index in [0.717, 1.165) is 36.8 Å². The summed E-state index contributed by atoms with van der Waals surface area (Å²) >= 11 is 0. The van der Waals surface area contributed by atoms with Crippen molar-refractivity contribution in [1.82, 2.24) is 16.0 Å². The lowest BCUT2D eigenvalue weighted by Gasteiger charge is -2.28. The van der Waals surface area contributed by atoms with Crippen LogP contribution < -0.4 is 16.0 Å². The number of carbonyl (C=O) groups is 4. The molecule has 1 fully saturated rings. The van der Waals surface area contributed by atoms with Crippen LogP contribution in [0.1, 0.15) is 68.9 Å². The molecule has 2 aromatic rings. The summed E-state index contributed by atoms with van der Waals surface area (Å²) in [6.07, 6.45) is 9.19. The van der Waals surface area contributed by atoms with Crippen LogP contribution in [0.15, 0.2) is 86.0 Å². The third-order valence-electron chi connectivity index (χ3n) is 8.47. The van der Waals surface area contributed by atoms with Crippen molar-refractivity contribution in [1.29, 1.82) is 0 Å². The fourth-order valence-electron chi connectivity index (χ4n) is 5.94. The third kappa shape index (κ3) is 14.1. The lowest BCUT2D eigenvalue weighted by molar-refractivity contribution is -0.147. The molecule has 2 aromatic carbocycles. The van der Waals surface area contributed by atoms with Gasteiger partial charge in [0.05, 0.1) is 24.6 Å². The molecule has 0 bridgehead atoms. The minimum atomic E-state index is -1.01. The first-order valence-corrected chi connectivity index (χ1v) is 16.9. The summed E-state index contributed by atoms with van der Waals surface area (Å²) in [5, 5.41) is 18.3. The fourth-order valence-corrected chi connectivity index (χ4v) is 5.94. The number of allylic oxidation sites excluding steroid dienone is 1. The second kappa shape index (κ2) is 21.4. The maximum Gasteiger partial charge on any atom is 0.408 e. The molecule has 0 radical (unpaired) electrons. The van der Waals surface area contributed by atoms with Crippen LogP contribution in [0.25, 0.3) is 0 Å². The van der Waals surface area contributed by atoms with Gasteiger partial charge in [0.25, 0.3) is 0 Å². The highest BCUT2D eigenvalue weighted by Crippen LogP contribution is 2.28. The Kier molecular flexibility index (Phi) is 17.0. The van der Waals surface area contributed by atoms with Crippen LogP contribution in [-0.2, 0) is 36.9 Å². The molecule has 0 aliphatic heterocycles. The lowest BCUT2D eigenvalue weighted by atomic mass is 9.84. The van der Waals surface area contributed by atoms with Gasteiger partial charge in [-0.3, -0.25) is 9.59 Å². The highest BCUT2D eigenvalue weighted by Gasteiger charge is 2.29. The number of hydrogen-bond donors (Lipinski definition) is 4. The van der Waals surface area contributed by atoms with E-state index in [4.69, 9.17) is 9.47 Å². The highest BCUT2D eigenvalue weighted by molar-refractivity contribution is 5.86. The van der Waals surface area contributed by atoms with Crippen molar-refractivity contribution in [3.05, 3.63) is 97.1 Å². The number of amides is 3. The Morgan fingerprint density at radius 2 is 1.46 bits per heavy atom. The molecule has 10 heteroatoms. The topological polar surface area (TPSA) is 143 Å². The van der Waals surface area contributed by atoms with Gasteiger partial charge in [0.15, 0.2) is 0 Å². The molecule has 4 atom stereocenters. The summed E-state index contributed by atoms with van der Waals surface area (Å²) in [6, 6.07) is 16.8. The number of carbonyl (C=O) groups excluding carboxylic acids is 4. The number of benzene rings is 2. The molecule has 0 unspecified atom stereocenters. The van der Waals surface area contributed by atoms with Gasteiger partial charge in [-0.25, -0.2) is 9.59 Å². The number of aliphatic hydroxyl groups excluding tert-OH is 1. The van der Waals surface area contributed by atoms with Crippen LogP contribution in [-0.4, -0.2) is 60.3 Å². The molecule has 48 heavy (non-hydrogen) atoms. The molecule has 1 aliphatic carbocycles. The van der Waals surface area contributed by atoms with Crippen LogP contribution in [0.5, 0.6) is 0 Å². The largest absolute Gasteiger partial charge is 0.462 e. The Hall–Kier alpha value is -4.44. The molecule has 0 aromatic heterocycles. The van der Waals surface area contributed by atoms with E-state index in [1.165, 1.54) is 12.5 Å². The summed E-state index contributed by atoms with van der Waals surface area (Å²) in [5.41, 5.74) is 1.79. The van der Waals surface area contributed by atoms with Gasteiger partial charge >= 0.3 is 12.1 Å². The number of aliphatic hydroxyl groups is 1. The van der Waals surface area contributed by atoms with Gasteiger partial charge in [0.2, 0.25) is 11.8 Å². The number of nitrogens with one attached hydrogen (secondary N) is 3. The lowest BCUT2D eigenvalue weighted by Crippen LogP contribution is -2.47. The maximum atomic E-state index is 13.6. The average Bonchev–Trinajstić information content (AvgIpc) is 3.10. The number of hydrogen-bond acceptors (Lipinski definition) is 7. The van der Waals surface area contributed by atoms with Crippen molar-refractivity contribution in [3.8, 4) is 0 Å². The van der Waals surface area contributed by atoms with Crippen LogP contribution in [0.4, 0.5) is 4.79 Å². The summed E-state index contributed by atoms with van der Waals surface area (Å²) in [4.78, 5) is 52.2. The number of esters is 1. The average molecular weight is 662 g/mol. The minimum absolute atomic E-state index is 0.0512. The van der Waals surface area contributed by atoms with Crippen LogP contribution in [0.3, 0.4) is 0 Å². The second-order valence-electron chi connectivity index (χ2n) is 12.4. The van der Waals surface area contributed by atoms with E-state index in [-0.39, 0.29) is 50.9 Å². The standard InChI is InChI=1S/C38H51N3O7/c1-3-14-31(24-35(43)39-32(25-42)22-28-16-8-5-9-17-28)36(44)40-33(23-29-18-10-6-11-19-29)27-47-37(45)34(15-4-2)41-38(46)48-26-30-20-12-7-13-21-30/h3-5,7-9,12-13,16-17,20-21,29,31-34,42H,1-2,6,10-11,14-15,18-19,22-27H2,(H,39,43)(H,40,44)(H,41,46)/t31-,32+,33+,34-/m1/s1. The van der Waals surface area contributed by atoms with Gasteiger partial charge in [0, 0.05) is 6.42 Å². The molecular formula is C38H51N3O7. The van der Waals surface area contributed by atoms with E-state index in [1.54, 1.807) is 6.08 Å². The predicted molar refractivity (Wildman–Crippen MR) is 185 cm³/mol. The summed E-state index contributed by atoms with van der Waals surface area (Å²) in [5.74, 6) is -1.68. The zero-order valence-electron chi connectivity index (χ0n) is 27.8. The molecule has 260 valence electrons. The zero-order chi connectivity index (χ0) is 34.6. The quantitative estimate of drug-likeness (QED) is 0.113. The van der Waals surface area contributed by atoms with E-state index in [1.807, 2.05) is 60.7 Å². The first-order chi connectivity index (χ1) is 23.3. The Bertz CT molecular complexity index is 1300. The fraction of sp³-hybridized carbons (Fsp3) is 0.474. The van der Waals surface area contributed by atoms with E-state index in [0.29, 0.717) is 18.8 Å². The zero-order valence-corrected chi connectivity index (χ0v) is 27.8. The van der Waals surface area contributed by atoms with Crippen LogP contribution >= 0.6 is 0 Å². The van der Waals surface area contributed by atoms with Crippen molar-refractivity contribution in [2.75, 3.05) is 13.2 Å². The SMILES string of the molecule is C=CC[C@H](CC(=O)N[C@H](CO)Cc1ccccc1)C(=O)N[C@H](COC(=O)[C@@H](CC=C)NC(=O)OCc1ccccc1)CC1CCCCC1. The summed E-state index contributed by atoms with van der Waals surface area (Å²) < 4.78 is 10.9. The smallest absolute Gasteiger partial charge is 0.408 e. The van der Waals surface area contributed by atoms with Crippen molar-refractivity contribution in [2.45, 2.75) is 88.9 Å². The van der Waals surface area contributed by atoms with Gasteiger partial charge in [0.1, 0.15) is 19.3 Å². The maximum absolute atomic E-state index is 13.6. The van der Waals surface area contributed by atoms with Crippen molar-refractivity contribution >= 4 is 23.9 Å². The van der Waals surface area contributed by atoms with E-state index < -0.39 is 36.1 Å². The first-order valence-electron chi connectivity index (χ1n) is 16.9. The molecule has 0 saturated heterocycles. The molecule has 10 nitrogen and oxygen atoms in total. The Morgan fingerprint density at radius 3 is 2.08 bits per heavy atom. The molecule has 1 aliphatic rings. The van der Waals surface area contributed by atoms with Crippen molar-refractivity contribution in [3.63, 3.8) is 0 Å². The minimum Gasteiger partial charge on any atom is -0.462 e. The Balaban J connectivity index is 1.60. The van der Waals surface area contributed by atoms with Gasteiger partial charge in [-0.1, -0.05) is 105 Å². The van der Waals surface area contributed by atoms with Crippen molar-refractivity contribution in [2.24, 2.45) is 11.8 Å². The normalized spacial score (nSPS) is 15.5. The molecule has 0 heterocycles. The van der Waals surface area contributed by atoms with E-state index in [2.05, 4.69) is 29.1 Å². The van der Waals surface area contributed by atoms with Gasteiger partial charge in [-0.15, -0.1) is 13.2 Å². The highest BCUT2D eigenvalue weighted by atomic mass is 16.6. The Morgan fingerprint density at radius 1 is 0.812 bits per heavy atom. The van der Waals surface area contributed by atoms with E-state index in [9.17, 15) is 24.3 Å². The molecule has 3 rings (SSSR count). The number of ether oxygens (including phenoxy) is 2. The number of alkyl carbamates (subject to hydrolysis) is 1. The second-order valence-corrected chi connectivity index (χ2v) is 12.4. The van der Waals surface area contributed by atoms with E-state index >= 15 is 0 Å². The third-order valence-corrected chi connectivity index (χ3v) is 8.47. The van der Waals surface area contributed by atoms with Crippen LogP contribution in [0.2, 0.25) is 0 Å². The monoisotopic (exact) mass is 661 g/mol. The summed E-state index contributed by atoms with van der Waals surface area (Å²) in [7, 11) is 0. The van der Waals surface area contributed by atoms with Gasteiger partial charge in [-0.2, -0.15) is 0 Å². The number of rotatable bonds is 20. The van der Waals surface area contributed by atoms with Gasteiger partial charge in [-0.05, 0) is 42.7 Å². The predicted octanol–water partition coefficient (Wildman–Crippen LogP) is 5.16. The first kappa shape index (κ1) is 38.0.